The van der Waals surface area contributed by atoms with Crippen LogP contribution < -0.4 is 0 Å². The van der Waals surface area contributed by atoms with Crippen molar-refractivity contribution in [2.75, 3.05) is 0 Å². The molecule has 0 fully saturated rings. The highest BCUT2D eigenvalue weighted by Crippen LogP contribution is 2.28. The predicted molar refractivity (Wildman–Crippen MR) is 67.1 cm³/mol. The minimum Gasteiger partial charge on any atom is -0.468 e. The van der Waals surface area contributed by atoms with Gasteiger partial charge in [-0.1, -0.05) is 15.9 Å². The summed E-state index contributed by atoms with van der Waals surface area (Å²) in [6, 6.07) is 11.7. The maximum Gasteiger partial charge on any atom is 0.113 e. The first-order chi connectivity index (χ1) is 7.79. The zero-order chi connectivity index (χ0) is 11.4. The van der Waals surface area contributed by atoms with E-state index in [2.05, 4.69) is 22.0 Å². The first kappa shape index (κ1) is 11.3. The molecule has 1 aromatic carbocycles. The molecule has 0 aliphatic rings. The van der Waals surface area contributed by atoms with Crippen LogP contribution in [-0.4, -0.2) is 0 Å². The lowest BCUT2D eigenvalue weighted by atomic mass is 10.2. The molecule has 0 unspecified atom stereocenters. The molecule has 2 nitrogen and oxygen atoms in total. The highest BCUT2D eigenvalue weighted by Gasteiger charge is 2.04. The molecule has 0 amide bonds. The fraction of sp³-hybridized carbons (Fsp3) is 0.0833. The van der Waals surface area contributed by atoms with Crippen LogP contribution in [-0.2, 0) is 5.75 Å². The molecule has 4 heteroatoms. The summed E-state index contributed by atoms with van der Waals surface area (Å²) >= 11 is 4.95. The van der Waals surface area contributed by atoms with E-state index < -0.39 is 0 Å². The highest BCUT2D eigenvalue weighted by molar-refractivity contribution is 9.10. The van der Waals surface area contributed by atoms with Gasteiger partial charge in [0.1, 0.15) is 11.8 Å². The first-order valence-electron chi connectivity index (χ1n) is 4.64. The zero-order valence-electron chi connectivity index (χ0n) is 8.31. The van der Waals surface area contributed by atoms with Crippen molar-refractivity contribution < 1.29 is 4.42 Å². The molecule has 0 saturated heterocycles. The summed E-state index contributed by atoms with van der Waals surface area (Å²) in [5.74, 6) is 1.65. The Hall–Kier alpha value is -1.18. The number of nitriles is 1. The highest BCUT2D eigenvalue weighted by atomic mass is 79.9. The fourth-order valence-corrected chi connectivity index (χ4v) is 2.51. The SMILES string of the molecule is N#Cc1cc(Br)ccc1SCc1ccco1. The van der Waals surface area contributed by atoms with E-state index >= 15 is 0 Å². The number of rotatable bonds is 3. The summed E-state index contributed by atoms with van der Waals surface area (Å²) in [5.41, 5.74) is 0.686. The Morgan fingerprint density at radius 2 is 2.25 bits per heavy atom. The largest absolute Gasteiger partial charge is 0.468 e. The van der Waals surface area contributed by atoms with Crippen LogP contribution in [0.3, 0.4) is 0 Å². The van der Waals surface area contributed by atoms with Gasteiger partial charge in [-0.2, -0.15) is 5.26 Å². The number of thioether (sulfide) groups is 1. The number of benzene rings is 1. The smallest absolute Gasteiger partial charge is 0.113 e. The monoisotopic (exact) mass is 293 g/mol. The molecule has 0 radical (unpaired) electrons. The molecule has 0 N–H and O–H groups in total. The standard InChI is InChI=1S/C12H8BrNOS/c13-10-3-4-12(9(6-10)7-14)16-8-11-2-1-5-15-11/h1-6H,8H2. The average Bonchev–Trinajstić information content (AvgIpc) is 2.80. The van der Waals surface area contributed by atoms with Crippen LogP contribution >= 0.6 is 27.7 Å². The molecule has 0 aliphatic carbocycles. The van der Waals surface area contributed by atoms with Crippen molar-refractivity contribution in [3.05, 3.63) is 52.4 Å². The minimum atomic E-state index is 0.686. The molecule has 0 saturated carbocycles. The van der Waals surface area contributed by atoms with Gasteiger partial charge >= 0.3 is 0 Å². The van der Waals surface area contributed by atoms with Crippen molar-refractivity contribution in [3.63, 3.8) is 0 Å². The Labute approximate surface area is 106 Å². The predicted octanol–water partition coefficient (Wildman–Crippen LogP) is 4.21. The van der Waals surface area contributed by atoms with Gasteiger partial charge < -0.3 is 4.42 Å². The van der Waals surface area contributed by atoms with E-state index in [1.807, 2.05) is 30.3 Å². The van der Waals surface area contributed by atoms with E-state index in [0.29, 0.717) is 5.56 Å². The summed E-state index contributed by atoms with van der Waals surface area (Å²) in [6.07, 6.45) is 1.66. The Kier molecular flexibility index (Phi) is 3.70. The van der Waals surface area contributed by atoms with Gasteiger partial charge in [-0.3, -0.25) is 0 Å². The first-order valence-corrected chi connectivity index (χ1v) is 6.42. The lowest BCUT2D eigenvalue weighted by Crippen LogP contribution is -1.82. The summed E-state index contributed by atoms with van der Waals surface area (Å²) in [4.78, 5) is 0.974. The molecule has 0 atom stereocenters. The third-order valence-electron chi connectivity index (χ3n) is 2.01. The van der Waals surface area contributed by atoms with Gasteiger partial charge in [0.05, 0.1) is 17.6 Å². The number of halogens is 1. The van der Waals surface area contributed by atoms with Gasteiger partial charge in [-0.25, -0.2) is 0 Å². The average molecular weight is 294 g/mol. The molecule has 2 rings (SSSR count). The molecular formula is C12H8BrNOS. The fourth-order valence-electron chi connectivity index (χ4n) is 1.26. The summed E-state index contributed by atoms with van der Waals surface area (Å²) < 4.78 is 6.16. The van der Waals surface area contributed by atoms with Gasteiger partial charge in [0, 0.05) is 9.37 Å². The molecule has 2 aromatic rings. The molecule has 0 bridgehead atoms. The summed E-state index contributed by atoms with van der Waals surface area (Å²) in [7, 11) is 0. The topological polar surface area (TPSA) is 36.9 Å². The Bertz CT molecular complexity index is 516. The molecule has 16 heavy (non-hydrogen) atoms. The third-order valence-corrected chi connectivity index (χ3v) is 3.60. The van der Waals surface area contributed by atoms with E-state index in [1.54, 1.807) is 18.0 Å². The zero-order valence-corrected chi connectivity index (χ0v) is 10.7. The van der Waals surface area contributed by atoms with Crippen molar-refractivity contribution in [1.82, 2.24) is 0 Å². The number of hydrogen-bond donors (Lipinski definition) is 0. The van der Waals surface area contributed by atoms with Crippen LogP contribution in [0.25, 0.3) is 0 Å². The van der Waals surface area contributed by atoms with Gasteiger partial charge in [0.2, 0.25) is 0 Å². The van der Waals surface area contributed by atoms with Crippen molar-refractivity contribution in [2.45, 2.75) is 10.6 Å². The minimum absolute atomic E-state index is 0.686. The van der Waals surface area contributed by atoms with E-state index in [-0.39, 0.29) is 0 Å². The molecular weight excluding hydrogens is 286 g/mol. The number of hydrogen-bond acceptors (Lipinski definition) is 3. The number of nitrogens with zero attached hydrogens (tertiary/aromatic N) is 1. The quantitative estimate of drug-likeness (QED) is 0.796. The maximum atomic E-state index is 8.99. The summed E-state index contributed by atoms with van der Waals surface area (Å²) in [6.45, 7) is 0. The second-order valence-corrected chi connectivity index (χ2v) is 5.05. The van der Waals surface area contributed by atoms with Crippen molar-refractivity contribution in [1.29, 1.82) is 5.26 Å². The van der Waals surface area contributed by atoms with Crippen LogP contribution in [0.4, 0.5) is 0 Å². The van der Waals surface area contributed by atoms with Gasteiger partial charge in [-0.05, 0) is 30.3 Å². The van der Waals surface area contributed by atoms with Crippen LogP contribution in [0, 0.1) is 11.3 Å². The van der Waals surface area contributed by atoms with Gasteiger partial charge in [-0.15, -0.1) is 11.8 Å². The normalized spacial score (nSPS) is 10.0. The second-order valence-electron chi connectivity index (χ2n) is 3.12. The molecule has 0 spiro atoms. The van der Waals surface area contributed by atoms with Crippen molar-refractivity contribution in [2.24, 2.45) is 0 Å². The van der Waals surface area contributed by atoms with Crippen molar-refractivity contribution in [3.8, 4) is 6.07 Å². The second kappa shape index (κ2) is 5.24. The van der Waals surface area contributed by atoms with Crippen LogP contribution in [0.15, 0.2) is 50.4 Å². The summed E-state index contributed by atoms with van der Waals surface area (Å²) in [5, 5.41) is 8.99. The Morgan fingerprint density at radius 1 is 1.38 bits per heavy atom. The number of furan rings is 1. The molecule has 1 aromatic heterocycles. The van der Waals surface area contributed by atoms with Crippen LogP contribution in [0.2, 0.25) is 0 Å². The van der Waals surface area contributed by atoms with E-state index in [9.17, 15) is 0 Å². The molecule has 1 heterocycles. The Balaban J connectivity index is 2.13. The lowest BCUT2D eigenvalue weighted by molar-refractivity contribution is 0.530. The van der Waals surface area contributed by atoms with Crippen molar-refractivity contribution >= 4 is 27.7 Å². The third kappa shape index (κ3) is 2.69. The van der Waals surface area contributed by atoms with E-state index in [0.717, 1.165) is 20.9 Å². The molecule has 80 valence electrons. The van der Waals surface area contributed by atoms with E-state index in [4.69, 9.17) is 9.68 Å². The van der Waals surface area contributed by atoms with Gasteiger partial charge in [0.25, 0.3) is 0 Å². The van der Waals surface area contributed by atoms with Gasteiger partial charge in [0.15, 0.2) is 0 Å². The van der Waals surface area contributed by atoms with Crippen LogP contribution in [0.5, 0.6) is 0 Å². The van der Waals surface area contributed by atoms with Crippen LogP contribution in [0.1, 0.15) is 11.3 Å². The Morgan fingerprint density at radius 3 is 2.94 bits per heavy atom. The maximum absolute atomic E-state index is 8.99. The lowest BCUT2D eigenvalue weighted by Gasteiger charge is -2.02. The van der Waals surface area contributed by atoms with E-state index in [1.165, 1.54) is 0 Å². The molecule has 0 aliphatic heterocycles.